The fraction of sp³-hybridized carbons (Fsp3) is 0.467. The summed E-state index contributed by atoms with van der Waals surface area (Å²) in [5.74, 6) is 0.645. The predicted molar refractivity (Wildman–Crippen MR) is 83.2 cm³/mol. The summed E-state index contributed by atoms with van der Waals surface area (Å²) in [7, 11) is 1.58. The van der Waals surface area contributed by atoms with Crippen molar-refractivity contribution in [3.05, 3.63) is 33.8 Å². The van der Waals surface area contributed by atoms with Crippen molar-refractivity contribution in [2.45, 2.75) is 31.8 Å². The molecule has 1 aliphatic rings. The highest BCUT2D eigenvalue weighted by atomic mass is 35.5. The lowest BCUT2D eigenvalue weighted by Crippen LogP contribution is -2.40. The number of ether oxygens (including phenoxy) is 1. The molecule has 0 aliphatic carbocycles. The van der Waals surface area contributed by atoms with Crippen LogP contribution in [-0.2, 0) is 6.54 Å². The third-order valence-electron chi connectivity index (χ3n) is 3.93. The molecule has 6 heteroatoms. The van der Waals surface area contributed by atoms with Gasteiger partial charge in [-0.1, -0.05) is 6.42 Å². The summed E-state index contributed by atoms with van der Waals surface area (Å²) >= 11 is 6.19. The van der Waals surface area contributed by atoms with Crippen LogP contribution in [0.15, 0.2) is 23.0 Å². The molecule has 2 aromatic rings. The van der Waals surface area contributed by atoms with Crippen molar-refractivity contribution >= 4 is 22.5 Å². The smallest absolute Gasteiger partial charge is 0.262 e. The number of rotatable bonds is 3. The molecule has 0 bridgehead atoms. The molecular weight excluding hydrogens is 290 g/mol. The lowest BCUT2D eigenvalue weighted by molar-refractivity contribution is 0.359. The first-order valence-electron chi connectivity index (χ1n) is 7.16. The zero-order valence-corrected chi connectivity index (χ0v) is 12.7. The quantitative estimate of drug-likeness (QED) is 0.883. The van der Waals surface area contributed by atoms with Gasteiger partial charge in [-0.05, 0) is 49.2 Å². The van der Waals surface area contributed by atoms with Crippen molar-refractivity contribution < 1.29 is 4.74 Å². The van der Waals surface area contributed by atoms with Gasteiger partial charge in [0.25, 0.3) is 5.56 Å². The second kappa shape index (κ2) is 6.03. The van der Waals surface area contributed by atoms with Crippen LogP contribution in [0.1, 0.15) is 19.3 Å². The fourth-order valence-electron chi connectivity index (χ4n) is 2.76. The number of methoxy groups -OCH3 is 1. The van der Waals surface area contributed by atoms with E-state index >= 15 is 0 Å². The Morgan fingerprint density at radius 3 is 3.05 bits per heavy atom. The van der Waals surface area contributed by atoms with E-state index in [1.165, 1.54) is 12.8 Å². The predicted octanol–water partition coefficient (Wildman–Crippen LogP) is 2.20. The van der Waals surface area contributed by atoms with E-state index in [4.69, 9.17) is 16.3 Å². The van der Waals surface area contributed by atoms with E-state index in [0.29, 0.717) is 23.2 Å². The van der Waals surface area contributed by atoms with E-state index in [2.05, 4.69) is 10.3 Å². The van der Waals surface area contributed by atoms with E-state index < -0.39 is 0 Å². The van der Waals surface area contributed by atoms with Gasteiger partial charge < -0.3 is 10.1 Å². The average molecular weight is 308 g/mol. The maximum atomic E-state index is 12.6. The van der Waals surface area contributed by atoms with Crippen molar-refractivity contribution in [2.24, 2.45) is 0 Å². The standard InChI is InChI=1S/C15H18ClN3O2/c1-21-11-5-6-13-12(8-11)14(20)19(15(16)18-13)9-10-4-2-3-7-17-10/h5-6,8,10,17H,2-4,7,9H2,1H3. The Morgan fingerprint density at radius 2 is 2.33 bits per heavy atom. The van der Waals surface area contributed by atoms with Gasteiger partial charge in [-0.3, -0.25) is 9.36 Å². The normalized spacial score (nSPS) is 18.9. The molecule has 0 radical (unpaired) electrons. The summed E-state index contributed by atoms with van der Waals surface area (Å²) in [4.78, 5) is 17.0. The zero-order chi connectivity index (χ0) is 14.8. The molecule has 5 nitrogen and oxygen atoms in total. The zero-order valence-electron chi connectivity index (χ0n) is 11.9. The van der Waals surface area contributed by atoms with E-state index in [0.717, 1.165) is 13.0 Å². The highest BCUT2D eigenvalue weighted by molar-refractivity contribution is 6.28. The topological polar surface area (TPSA) is 56.1 Å². The third-order valence-corrected chi connectivity index (χ3v) is 4.22. The van der Waals surface area contributed by atoms with Gasteiger partial charge in [0.2, 0.25) is 5.28 Å². The highest BCUT2D eigenvalue weighted by Crippen LogP contribution is 2.19. The number of fused-ring (bicyclic) bond motifs is 1. The molecule has 1 unspecified atom stereocenters. The molecule has 0 spiro atoms. The van der Waals surface area contributed by atoms with Crippen molar-refractivity contribution in [1.29, 1.82) is 0 Å². The van der Waals surface area contributed by atoms with Crippen LogP contribution in [0.5, 0.6) is 5.75 Å². The second-order valence-corrected chi connectivity index (χ2v) is 5.66. The molecular formula is C15H18ClN3O2. The molecule has 1 aromatic heterocycles. The Bertz CT molecular complexity index is 708. The molecule has 3 rings (SSSR count). The maximum Gasteiger partial charge on any atom is 0.262 e. The van der Waals surface area contributed by atoms with Gasteiger partial charge in [-0.15, -0.1) is 0 Å². The van der Waals surface area contributed by atoms with Crippen molar-refractivity contribution in [3.8, 4) is 5.75 Å². The van der Waals surface area contributed by atoms with E-state index in [9.17, 15) is 4.79 Å². The highest BCUT2D eigenvalue weighted by Gasteiger charge is 2.17. The Labute approximate surface area is 127 Å². The van der Waals surface area contributed by atoms with Gasteiger partial charge >= 0.3 is 0 Å². The number of hydrogen-bond donors (Lipinski definition) is 1. The molecule has 1 aliphatic heterocycles. The molecule has 0 amide bonds. The largest absolute Gasteiger partial charge is 0.497 e. The van der Waals surface area contributed by atoms with Crippen molar-refractivity contribution in [2.75, 3.05) is 13.7 Å². The number of aromatic nitrogens is 2. The van der Waals surface area contributed by atoms with Gasteiger partial charge in [0.05, 0.1) is 18.0 Å². The van der Waals surface area contributed by atoms with Crippen LogP contribution in [-0.4, -0.2) is 29.2 Å². The second-order valence-electron chi connectivity index (χ2n) is 5.33. The summed E-state index contributed by atoms with van der Waals surface area (Å²) in [5.41, 5.74) is 0.481. The van der Waals surface area contributed by atoms with Gasteiger partial charge in [-0.2, -0.15) is 0 Å². The molecule has 112 valence electrons. The summed E-state index contributed by atoms with van der Waals surface area (Å²) in [6.45, 7) is 1.55. The molecule has 1 saturated heterocycles. The Hall–Kier alpha value is -1.59. The molecule has 1 atom stereocenters. The number of hydrogen-bond acceptors (Lipinski definition) is 4. The first-order valence-corrected chi connectivity index (χ1v) is 7.54. The monoisotopic (exact) mass is 307 g/mol. The number of nitrogens with one attached hydrogen (secondary N) is 1. The summed E-state index contributed by atoms with van der Waals surface area (Å²) in [5, 5.41) is 4.20. The van der Waals surface area contributed by atoms with Gasteiger partial charge in [0, 0.05) is 12.6 Å². The molecule has 1 N–H and O–H groups in total. The van der Waals surface area contributed by atoms with Crippen LogP contribution >= 0.6 is 11.6 Å². The van der Waals surface area contributed by atoms with Gasteiger partial charge in [0.15, 0.2) is 0 Å². The van der Waals surface area contributed by atoms with Crippen LogP contribution in [0, 0.1) is 0 Å². The van der Waals surface area contributed by atoms with Crippen LogP contribution in [0.25, 0.3) is 10.9 Å². The number of nitrogens with zero attached hydrogens (tertiary/aromatic N) is 2. The Morgan fingerprint density at radius 1 is 1.48 bits per heavy atom. The van der Waals surface area contributed by atoms with E-state index in [1.807, 2.05) is 0 Å². The van der Waals surface area contributed by atoms with E-state index in [1.54, 1.807) is 29.9 Å². The lowest BCUT2D eigenvalue weighted by atomic mass is 10.1. The summed E-state index contributed by atoms with van der Waals surface area (Å²) < 4.78 is 6.72. The third kappa shape index (κ3) is 2.89. The number of piperidine rings is 1. The SMILES string of the molecule is COc1ccc2nc(Cl)n(CC3CCCCN3)c(=O)c2c1. The minimum Gasteiger partial charge on any atom is -0.497 e. The van der Waals surface area contributed by atoms with Crippen molar-refractivity contribution in [3.63, 3.8) is 0 Å². The Balaban J connectivity index is 2.02. The molecule has 21 heavy (non-hydrogen) atoms. The summed E-state index contributed by atoms with van der Waals surface area (Å²) in [6.07, 6.45) is 3.42. The number of benzene rings is 1. The summed E-state index contributed by atoms with van der Waals surface area (Å²) in [6, 6.07) is 5.52. The fourth-order valence-corrected chi connectivity index (χ4v) is 3.00. The van der Waals surface area contributed by atoms with Gasteiger partial charge in [0.1, 0.15) is 5.75 Å². The minimum atomic E-state index is -0.115. The molecule has 1 aromatic carbocycles. The van der Waals surface area contributed by atoms with Crippen LogP contribution in [0.2, 0.25) is 5.28 Å². The number of halogens is 1. The average Bonchev–Trinajstić information content (AvgIpc) is 2.52. The van der Waals surface area contributed by atoms with E-state index in [-0.39, 0.29) is 16.9 Å². The first kappa shape index (κ1) is 14.4. The molecule has 2 heterocycles. The van der Waals surface area contributed by atoms with Crippen LogP contribution < -0.4 is 15.6 Å². The molecule has 1 fully saturated rings. The molecule has 0 saturated carbocycles. The Kier molecular flexibility index (Phi) is 4.12. The maximum absolute atomic E-state index is 12.6. The van der Waals surface area contributed by atoms with Crippen LogP contribution in [0.4, 0.5) is 0 Å². The lowest BCUT2D eigenvalue weighted by Gasteiger charge is -2.24. The first-order chi connectivity index (χ1) is 10.2. The van der Waals surface area contributed by atoms with Crippen LogP contribution in [0.3, 0.4) is 0 Å². The minimum absolute atomic E-state index is 0.115. The van der Waals surface area contributed by atoms with Gasteiger partial charge in [-0.25, -0.2) is 4.98 Å². The van der Waals surface area contributed by atoms with Crippen molar-refractivity contribution in [1.82, 2.24) is 14.9 Å².